The van der Waals surface area contributed by atoms with Gasteiger partial charge < -0.3 is 8.82 Å². The molecule has 1 spiro atoms. The van der Waals surface area contributed by atoms with Gasteiger partial charge in [0.25, 0.3) is 0 Å². The average Bonchev–Trinajstić information content (AvgIpc) is 4.17. The van der Waals surface area contributed by atoms with Gasteiger partial charge in [-0.05, 0) is 126 Å². The molecule has 3 nitrogen and oxygen atoms in total. The summed E-state index contributed by atoms with van der Waals surface area (Å²) in [6.45, 7) is 0. The monoisotopic (exact) mass is 875 g/mol. The molecule has 0 N–H and O–H groups in total. The first-order valence-electron chi connectivity index (χ1n) is 24.4. The number of aromatic nitrogens is 1. The van der Waals surface area contributed by atoms with E-state index in [0.29, 0.717) is 0 Å². The number of nitrogens with zero attached hydrogens (tertiary/aromatic N) is 1. The van der Waals surface area contributed by atoms with E-state index in [1.165, 1.54) is 93.8 Å². The summed E-state index contributed by atoms with van der Waals surface area (Å²) < 4.78 is 9.39. The van der Waals surface area contributed by atoms with E-state index in [1.807, 2.05) is 0 Å². The van der Waals surface area contributed by atoms with E-state index in [9.17, 15) is 0 Å². The molecule has 3 heterocycles. The minimum atomic E-state index is -0.427. The van der Waals surface area contributed by atoms with E-state index in [1.54, 1.807) is 0 Å². The number of hydrogen-bond donors (Lipinski definition) is 0. The minimum Gasteiger partial charge on any atom is -0.455 e. The molecule has 6 aliphatic rings. The Labute approximate surface area is 395 Å². The van der Waals surface area contributed by atoms with Crippen molar-refractivity contribution >= 4 is 65.8 Å². The van der Waals surface area contributed by atoms with Crippen LogP contribution in [0.25, 0.3) is 82.3 Å². The highest BCUT2D eigenvalue weighted by atomic mass is 16.3. The van der Waals surface area contributed by atoms with Crippen LogP contribution in [0.4, 0.5) is 0 Å². The molecule has 6 aliphatic carbocycles. The first-order chi connectivity index (χ1) is 34.2. The van der Waals surface area contributed by atoms with Crippen molar-refractivity contribution in [2.45, 2.75) is 29.1 Å². The fourth-order valence-corrected chi connectivity index (χ4v) is 15.3. The largest absolute Gasteiger partial charge is 0.455 e. The van der Waals surface area contributed by atoms with Crippen LogP contribution in [0.1, 0.15) is 95.2 Å². The molecule has 0 fully saturated rings. The van der Waals surface area contributed by atoms with Crippen LogP contribution in [0.5, 0.6) is 0 Å². The van der Waals surface area contributed by atoms with Crippen LogP contribution in [0.15, 0.2) is 205 Å². The van der Waals surface area contributed by atoms with E-state index in [2.05, 4.69) is 205 Å². The molecule has 2 bridgehead atoms. The van der Waals surface area contributed by atoms with Crippen LogP contribution >= 0.6 is 0 Å². The van der Waals surface area contributed by atoms with Gasteiger partial charge in [0.15, 0.2) is 5.78 Å². The number of fused-ring (bicyclic) bond motifs is 15. The van der Waals surface area contributed by atoms with E-state index >= 15 is 4.79 Å². The van der Waals surface area contributed by atoms with Crippen LogP contribution in [0.3, 0.4) is 0 Å². The molecular weight excluding hydrogens is 839 g/mol. The molecule has 3 aromatic heterocycles. The van der Waals surface area contributed by atoms with Crippen molar-refractivity contribution < 1.29 is 9.21 Å². The number of carbonyl (C=O) groups is 1. The normalized spacial score (nSPS) is 20.8. The lowest BCUT2D eigenvalue weighted by atomic mass is 9.52. The van der Waals surface area contributed by atoms with E-state index in [0.717, 1.165) is 55.3 Å². The van der Waals surface area contributed by atoms with Gasteiger partial charge in [0, 0.05) is 66.6 Å². The average molecular weight is 876 g/mol. The van der Waals surface area contributed by atoms with Crippen molar-refractivity contribution in [3.8, 4) is 22.3 Å². The second kappa shape index (κ2) is 11.9. The van der Waals surface area contributed by atoms with Crippen LogP contribution in [-0.4, -0.2) is 10.2 Å². The predicted octanol–water partition coefficient (Wildman–Crippen LogP) is 15.8. The molecule has 0 saturated heterocycles. The highest BCUT2D eigenvalue weighted by Gasteiger charge is 2.69. The second-order valence-electron chi connectivity index (χ2n) is 20.4. The Morgan fingerprint density at radius 1 is 0.391 bits per heavy atom. The lowest BCUT2D eigenvalue weighted by Crippen LogP contribution is -2.43. The van der Waals surface area contributed by atoms with Crippen molar-refractivity contribution in [3.63, 3.8) is 0 Å². The highest BCUT2D eigenvalue weighted by molar-refractivity contribution is 6.27. The number of hydrogen-bond acceptors (Lipinski definition) is 2. The van der Waals surface area contributed by atoms with Crippen LogP contribution in [0.2, 0.25) is 0 Å². The Morgan fingerprint density at radius 3 is 1.70 bits per heavy atom. The summed E-state index contributed by atoms with van der Waals surface area (Å²) in [7, 11) is 0. The van der Waals surface area contributed by atoms with Gasteiger partial charge in [-0.1, -0.05) is 152 Å². The Bertz CT molecular complexity index is 4500. The zero-order chi connectivity index (χ0) is 44.6. The first-order valence-corrected chi connectivity index (χ1v) is 24.4. The number of para-hydroxylation sites is 1. The van der Waals surface area contributed by atoms with Crippen molar-refractivity contribution in [2.24, 2.45) is 0 Å². The fraction of sp³-hybridized carbons (Fsp3) is 0.0758. The Kier molecular flexibility index (Phi) is 6.17. The van der Waals surface area contributed by atoms with Crippen LogP contribution in [-0.2, 0) is 5.41 Å². The third-order valence-electron chi connectivity index (χ3n) is 17.7. The highest BCUT2D eigenvalue weighted by Crippen LogP contribution is 2.73. The van der Waals surface area contributed by atoms with Gasteiger partial charge in [-0.3, -0.25) is 4.79 Å². The SMILES string of the molecule is O=C1c2cc3c(cc2C24c5ccccc5C2c2ccccc2C14)c1cc(-c2ccc4c(oc5ccccc54)c2-c2ccccc2)cc2c4cc5c(cc4n3c12)C1c2ccccc2C5c2ccccc21. The van der Waals surface area contributed by atoms with Gasteiger partial charge in [0.1, 0.15) is 11.2 Å². The second-order valence-corrected chi connectivity index (χ2v) is 20.4. The lowest BCUT2D eigenvalue weighted by molar-refractivity contribution is 0.0949. The molecule has 0 aliphatic heterocycles. The van der Waals surface area contributed by atoms with E-state index < -0.39 is 5.41 Å². The van der Waals surface area contributed by atoms with Crippen molar-refractivity contribution in [2.75, 3.05) is 0 Å². The zero-order valence-electron chi connectivity index (χ0n) is 37.1. The topological polar surface area (TPSA) is 34.6 Å². The summed E-state index contributed by atoms with van der Waals surface area (Å²) in [5.41, 5.74) is 25.0. The molecule has 0 amide bonds. The maximum absolute atomic E-state index is 15.4. The number of benzene rings is 10. The van der Waals surface area contributed by atoms with Crippen molar-refractivity contribution in [1.29, 1.82) is 0 Å². The number of furan rings is 1. The summed E-state index contributed by atoms with van der Waals surface area (Å²) >= 11 is 0. The first kappa shape index (κ1) is 35.6. The van der Waals surface area contributed by atoms with Gasteiger partial charge in [-0.25, -0.2) is 0 Å². The maximum Gasteiger partial charge on any atom is 0.171 e. The Balaban J connectivity index is 0.981. The lowest BCUT2D eigenvalue weighted by Gasteiger charge is -2.48. The van der Waals surface area contributed by atoms with Crippen molar-refractivity contribution in [3.05, 3.63) is 267 Å². The Morgan fingerprint density at radius 2 is 0.971 bits per heavy atom. The standard InChI is InChI=1S/C66H37NO2/c68-64-52-33-56-47(31-54(52)66-53-24-12-10-23-45(53)61(66)42-21-8-9-22-43(42)62(64)66)51-29-35(36-26-27-44-37-16-11-13-25-57(37)69-65(44)58(36)34-14-2-1-3-15-34)28-50-46-30-48-49(32-55(46)67(56)63(50)51)60-40-19-6-4-17-38(40)59(48)39-18-5-7-20-41(39)60/h1-33,59-62H. The smallest absolute Gasteiger partial charge is 0.171 e. The zero-order valence-corrected chi connectivity index (χ0v) is 37.1. The number of rotatable bonds is 2. The number of carbonyl (C=O) groups excluding carboxylic acids is 1. The number of Topliss-reactive ketones (excluding diaryl/α,β-unsaturated/α-hetero) is 1. The molecule has 3 atom stereocenters. The molecular formula is C66H37NO2. The predicted molar refractivity (Wildman–Crippen MR) is 277 cm³/mol. The number of ketones is 1. The molecule has 19 rings (SSSR count). The van der Waals surface area contributed by atoms with Gasteiger partial charge in [-0.15, -0.1) is 0 Å². The summed E-state index contributed by atoms with van der Waals surface area (Å²) in [5.74, 6) is 0.436. The minimum absolute atomic E-state index is 0.141. The summed E-state index contributed by atoms with van der Waals surface area (Å²) in [6.07, 6.45) is 0. The third kappa shape index (κ3) is 3.93. The van der Waals surface area contributed by atoms with Gasteiger partial charge in [-0.2, -0.15) is 0 Å². The fourth-order valence-electron chi connectivity index (χ4n) is 15.3. The quantitative estimate of drug-likeness (QED) is 0.173. The molecule has 10 aromatic carbocycles. The van der Waals surface area contributed by atoms with Gasteiger partial charge in [0.05, 0.1) is 22.5 Å². The molecule has 69 heavy (non-hydrogen) atoms. The van der Waals surface area contributed by atoms with Crippen molar-refractivity contribution in [1.82, 2.24) is 4.40 Å². The molecule has 3 heteroatoms. The molecule has 13 aromatic rings. The molecule has 0 saturated carbocycles. The molecule has 0 radical (unpaired) electrons. The van der Waals surface area contributed by atoms with E-state index in [4.69, 9.17) is 4.42 Å². The maximum atomic E-state index is 15.4. The Hall–Kier alpha value is -8.53. The molecule has 318 valence electrons. The van der Waals surface area contributed by atoms with Crippen LogP contribution in [0, 0.1) is 0 Å². The summed E-state index contributed by atoms with van der Waals surface area (Å²) in [4.78, 5) is 15.4. The van der Waals surface area contributed by atoms with Crippen LogP contribution < -0.4 is 0 Å². The summed E-state index contributed by atoms with van der Waals surface area (Å²) in [6, 6.07) is 74.4. The van der Waals surface area contributed by atoms with Gasteiger partial charge >= 0.3 is 0 Å². The summed E-state index contributed by atoms with van der Waals surface area (Å²) in [5, 5.41) is 7.11. The van der Waals surface area contributed by atoms with Gasteiger partial charge in [0.2, 0.25) is 0 Å². The van der Waals surface area contributed by atoms with E-state index in [-0.39, 0.29) is 29.5 Å². The third-order valence-corrected chi connectivity index (χ3v) is 17.7. The molecule has 3 unspecified atom stereocenters.